The number of hydrogen-bond acceptors (Lipinski definition) is 2. The third kappa shape index (κ3) is 3.99. The average Bonchev–Trinajstić information content (AvgIpc) is 2.89. The summed E-state index contributed by atoms with van der Waals surface area (Å²) < 4.78 is 0. The van der Waals surface area contributed by atoms with Gasteiger partial charge in [0.05, 0.1) is 6.61 Å². The van der Waals surface area contributed by atoms with Crippen LogP contribution in [0, 0.1) is 11.3 Å². The molecule has 0 fully saturated rings. The molecule has 0 radical (unpaired) electrons. The zero-order valence-electron chi connectivity index (χ0n) is 15.3. The van der Waals surface area contributed by atoms with Gasteiger partial charge in [0.15, 0.2) is 5.75 Å². The maximum absolute atomic E-state index is 5.66. The second-order valence-corrected chi connectivity index (χ2v) is 8.18. The molecule has 0 N–H and O–H groups in total. The van der Waals surface area contributed by atoms with Gasteiger partial charge >= 0.3 is 0 Å². The summed E-state index contributed by atoms with van der Waals surface area (Å²) in [4.78, 5) is 11.2. The topological polar surface area (TPSA) is 18.5 Å². The Labute approximate surface area is 145 Å². The lowest BCUT2D eigenvalue weighted by atomic mass is 9.84. The van der Waals surface area contributed by atoms with Gasteiger partial charge in [0.25, 0.3) is 0 Å². The molecule has 2 aromatic carbocycles. The van der Waals surface area contributed by atoms with E-state index in [-0.39, 0.29) is 0 Å². The molecule has 1 atom stereocenters. The standard InChI is InChI=1S/C22H28O2/c1-16(15-22(2,3)4)12-13-23-24-21-11-7-10-19-18-9-6-5-8-17(18)14-20(19)21/h5-11,16H,12-15H2,1-4H3. The van der Waals surface area contributed by atoms with E-state index in [0.29, 0.717) is 17.9 Å². The molecule has 2 nitrogen and oxygen atoms in total. The maximum atomic E-state index is 5.66. The Morgan fingerprint density at radius 2 is 1.75 bits per heavy atom. The molecule has 2 heteroatoms. The second kappa shape index (κ2) is 6.98. The van der Waals surface area contributed by atoms with Gasteiger partial charge in [-0.2, -0.15) is 4.89 Å². The van der Waals surface area contributed by atoms with Crippen molar-refractivity contribution >= 4 is 0 Å². The van der Waals surface area contributed by atoms with Crippen molar-refractivity contribution in [3.8, 4) is 16.9 Å². The minimum absolute atomic E-state index is 0.367. The second-order valence-electron chi connectivity index (χ2n) is 8.18. The van der Waals surface area contributed by atoms with Crippen LogP contribution in [0.25, 0.3) is 11.1 Å². The van der Waals surface area contributed by atoms with Crippen molar-refractivity contribution in [1.82, 2.24) is 0 Å². The molecular formula is C22H28O2. The third-order valence-corrected chi connectivity index (χ3v) is 4.61. The number of hydrogen-bond donors (Lipinski definition) is 0. The van der Waals surface area contributed by atoms with Crippen molar-refractivity contribution in [2.75, 3.05) is 6.61 Å². The highest BCUT2D eigenvalue weighted by Gasteiger charge is 2.22. The van der Waals surface area contributed by atoms with Gasteiger partial charge in [-0.3, -0.25) is 0 Å². The summed E-state index contributed by atoms with van der Waals surface area (Å²) in [6, 6.07) is 14.8. The predicted octanol–water partition coefficient (Wildman–Crippen LogP) is 6.03. The van der Waals surface area contributed by atoms with Gasteiger partial charge in [0.2, 0.25) is 0 Å². The lowest BCUT2D eigenvalue weighted by molar-refractivity contribution is -0.209. The average molecular weight is 324 g/mol. The van der Waals surface area contributed by atoms with E-state index in [1.165, 1.54) is 28.7 Å². The quantitative estimate of drug-likeness (QED) is 0.313. The molecule has 2 aromatic rings. The van der Waals surface area contributed by atoms with Crippen molar-refractivity contribution in [1.29, 1.82) is 0 Å². The third-order valence-electron chi connectivity index (χ3n) is 4.61. The summed E-state index contributed by atoms with van der Waals surface area (Å²) in [5, 5.41) is 0. The molecular weight excluding hydrogens is 296 g/mol. The largest absolute Gasteiger partial charge is 0.337 e. The van der Waals surface area contributed by atoms with E-state index in [1.807, 2.05) is 12.1 Å². The van der Waals surface area contributed by atoms with Crippen LogP contribution in [0.4, 0.5) is 0 Å². The van der Waals surface area contributed by atoms with Crippen LogP contribution in [0.1, 0.15) is 51.7 Å². The fourth-order valence-electron chi connectivity index (χ4n) is 3.71. The zero-order chi connectivity index (χ0) is 17.2. The Morgan fingerprint density at radius 1 is 1.00 bits per heavy atom. The van der Waals surface area contributed by atoms with Gasteiger partial charge in [-0.25, -0.2) is 0 Å². The van der Waals surface area contributed by atoms with Crippen molar-refractivity contribution in [2.45, 2.75) is 47.0 Å². The molecule has 0 spiro atoms. The summed E-state index contributed by atoms with van der Waals surface area (Å²) in [5.74, 6) is 1.49. The first-order chi connectivity index (χ1) is 11.4. The van der Waals surface area contributed by atoms with Gasteiger partial charge < -0.3 is 4.89 Å². The smallest absolute Gasteiger partial charge is 0.169 e. The summed E-state index contributed by atoms with van der Waals surface area (Å²) in [7, 11) is 0. The summed E-state index contributed by atoms with van der Waals surface area (Å²) in [6.45, 7) is 9.77. The normalized spacial score (nSPS) is 14.2. The SMILES string of the molecule is CC(CCOOc1cccc2c1Cc1ccccc1-2)CC(C)(C)C. The molecule has 128 valence electrons. The minimum atomic E-state index is 0.367. The fraction of sp³-hybridized carbons (Fsp3) is 0.455. The molecule has 0 saturated heterocycles. The monoisotopic (exact) mass is 324 g/mol. The molecule has 3 rings (SSSR count). The van der Waals surface area contributed by atoms with E-state index in [9.17, 15) is 0 Å². The Balaban J connectivity index is 1.57. The van der Waals surface area contributed by atoms with Crippen LogP contribution in [0.3, 0.4) is 0 Å². The molecule has 1 aliphatic rings. The van der Waals surface area contributed by atoms with Crippen LogP contribution in [0.5, 0.6) is 5.75 Å². The van der Waals surface area contributed by atoms with E-state index in [2.05, 4.69) is 58.0 Å². The summed E-state index contributed by atoms with van der Waals surface area (Å²) >= 11 is 0. The van der Waals surface area contributed by atoms with Crippen LogP contribution in [0.15, 0.2) is 42.5 Å². The first-order valence-electron chi connectivity index (χ1n) is 8.94. The molecule has 1 unspecified atom stereocenters. The molecule has 0 aliphatic heterocycles. The lowest BCUT2D eigenvalue weighted by Crippen LogP contribution is -2.13. The van der Waals surface area contributed by atoms with E-state index in [4.69, 9.17) is 9.78 Å². The highest BCUT2D eigenvalue weighted by Crippen LogP contribution is 2.41. The van der Waals surface area contributed by atoms with E-state index in [1.54, 1.807) is 0 Å². The van der Waals surface area contributed by atoms with Crippen molar-refractivity contribution in [2.24, 2.45) is 11.3 Å². The van der Waals surface area contributed by atoms with Gasteiger partial charge in [-0.1, -0.05) is 64.1 Å². The van der Waals surface area contributed by atoms with E-state index in [0.717, 1.165) is 18.6 Å². The Morgan fingerprint density at radius 3 is 2.54 bits per heavy atom. The van der Waals surface area contributed by atoms with Crippen molar-refractivity contribution in [3.63, 3.8) is 0 Å². The minimum Gasteiger partial charge on any atom is -0.337 e. The maximum Gasteiger partial charge on any atom is 0.169 e. The number of fused-ring (bicyclic) bond motifs is 3. The van der Waals surface area contributed by atoms with Gasteiger partial charge in [-0.15, -0.1) is 0 Å². The number of benzene rings is 2. The Bertz CT molecular complexity index is 697. The Kier molecular flexibility index (Phi) is 4.96. The van der Waals surface area contributed by atoms with Crippen LogP contribution in [-0.2, 0) is 11.3 Å². The molecule has 0 aromatic heterocycles. The van der Waals surface area contributed by atoms with Gasteiger partial charge in [0, 0.05) is 12.0 Å². The van der Waals surface area contributed by atoms with Crippen LogP contribution >= 0.6 is 0 Å². The summed E-state index contributed by atoms with van der Waals surface area (Å²) in [6.07, 6.45) is 3.14. The van der Waals surface area contributed by atoms with E-state index >= 15 is 0 Å². The van der Waals surface area contributed by atoms with E-state index < -0.39 is 0 Å². The molecule has 0 amide bonds. The van der Waals surface area contributed by atoms with Gasteiger partial charge in [-0.05, 0) is 46.9 Å². The first kappa shape index (κ1) is 17.0. The van der Waals surface area contributed by atoms with Crippen molar-refractivity contribution < 1.29 is 9.78 Å². The Hall–Kier alpha value is -1.80. The fourth-order valence-corrected chi connectivity index (χ4v) is 3.71. The van der Waals surface area contributed by atoms with Crippen LogP contribution < -0.4 is 4.89 Å². The molecule has 0 heterocycles. The predicted molar refractivity (Wildman–Crippen MR) is 99.1 cm³/mol. The lowest BCUT2D eigenvalue weighted by Gasteiger charge is -2.22. The zero-order valence-corrected chi connectivity index (χ0v) is 15.3. The molecule has 0 bridgehead atoms. The summed E-state index contributed by atoms with van der Waals surface area (Å²) in [5.41, 5.74) is 5.56. The highest BCUT2D eigenvalue weighted by molar-refractivity contribution is 5.78. The highest BCUT2D eigenvalue weighted by atomic mass is 17.2. The molecule has 0 saturated carbocycles. The van der Waals surface area contributed by atoms with Crippen LogP contribution in [-0.4, -0.2) is 6.61 Å². The van der Waals surface area contributed by atoms with Gasteiger partial charge in [0.1, 0.15) is 0 Å². The van der Waals surface area contributed by atoms with Crippen molar-refractivity contribution in [3.05, 3.63) is 53.6 Å². The molecule has 24 heavy (non-hydrogen) atoms. The molecule has 1 aliphatic carbocycles. The number of rotatable bonds is 6. The first-order valence-corrected chi connectivity index (χ1v) is 8.94. The van der Waals surface area contributed by atoms with Crippen LogP contribution in [0.2, 0.25) is 0 Å².